The second-order valence-electron chi connectivity index (χ2n) is 7.04. The van der Waals surface area contributed by atoms with E-state index in [4.69, 9.17) is 4.74 Å². The van der Waals surface area contributed by atoms with Gasteiger partial charge in [-0.15, -0.1) is 10.2 Å². The largest absolute Gasteiger partial charge is 0.491 e. The van der Waals surface area contributed by atoms with Gasteiger partial charge in [0.15, 0.2) is 5.16 Å². The number of aromatic nitrogens is 3. The molecule has 1 heterocycles. The van der Waals surface area contributed by atoms with E-state index in [1.165, 1.54) is 0 Å². The molecule has 0 saturated carbocycles. The third kappa shape index (κ3) is 5.93. The van der Waals surface area contributed by atoms with Crippen molar-refractivity contribution >= 4 is 23.4 Å². The molecule has 0 fully saturated rings. The molecule has 0 saturated heterocycles. The highest BCUT2D eigenvalue weighted by atomic mass is 32.2. The van der Waals surface area contributed by atoms with Crippen LogP contribution >= 0.6 is 11.8 Å². The maximum absolute atomic E-state index is 12.4. The number of hydrogen-bond acceptors (Lipinski definition) is 6. The summed E-state index contributed by atoms with van der Waals surface area (Å²) in [5.74, 6) is 1.31. The monoisotopic (exact) mass is 423 g/mol. The van der Waals surface area contributed by atoms with E-state index in [1.807, 2.05) is 68.8 Å². The van der Waals surface area contributed by atoms with Crippen molar-refractivity contribution < 1.29 is 9.53 Å². The number of nitrogens with zero attached hydrogens (tertiary/aromatic N) is 4. The van der Waals surface area contributed by atoms with E-state index in [0.717, 1.165) is 33.5 Å². The SMILES string of the molecule is C/C(=N/NC(=O)c1ccc(CSc2nncn2C)cc1)c1ccc(OC(C)C)cc1. The number of amides is 1. The summed E-state index contributed by atoms with van der Waals surface area (Å²) in [5, 5.41) is 13.0. The molecule has 0 atom stereocenters. The highest BCUT2D eigenvalue weighted by Crippen LogP contribution is 2.20. The summed E-state index contributed by atoms with van der Waals surface area (Å²) in [7, 11) is 1.91. The number of benzene rings is 2. The average Bonchev–Trinajstić information content (AvgIpc) is 3.15. The van der Waals surface area contributed by atoms with Gasteiger partial charge in [0, 0.05) is 18.4 Å². The summed E-state index contributed by atoms with van der Waals surface area (Å²) in [6.45, 7) is 5.82. The lowest BCUT2D eigenvalue weighted by atomic mass is 10.1. The van der Waals surface area contributed by atoms with Gasteiger partial charge in [0.2, 0.25) is 0 Å². The third-order valence-electron chi connectivity index (χ3n) is 4.22. The number of rotatable bonds is 8. The van der Waals surface area contributed by atoms with Crippen LogP contribution in [0.1, 0.15) is 42.3 Å². The zero-order valence-electron chi connectivity index (χ0n) is 17.5. The van der Waals surface area contributed by atoms with Crippen molar-refractivity contribution in [3.8, 4) is 5.75 Å². The van der Waals surface area contributed by atoms with Crippen molar-refractivity contribution in [1.82, 2.24) is 20.2 Å². The summed E-state index contributed by atoms with van der Waals surface area (Å²) >= 11 is 1.59. The van der Waals surface area contributed by atoms with Crippen LogP contribution in [0, 0.1) is 0 Å². The number of thioether (sulfide) groups is 1. The van der Waals surface area contributed by atoms with Gasteiger partial charge in [0.1, 0.15) is 12.1 Å². The van der Waals surface area contributed by atoms with Gasteiger partial charge in [-0.2, -0.15) is 5.10 Å². The lowest BCUT2D eigenvalue weighted by molar-refractivity contribution is 0.0955. The van der Waals surface area contributed by atoms with Crippen molar-refractivity contribution in [1.29, 1.82) is 0 Å². The quantitative estimate of drug-likeness (QED) is 0.336. The minimum absolute atomic E-state index is 0.127. The molecular weight excluding hydrogens is 398 g/mol. The highest BCUT2D eigenvalue weighted by molar-refractivity contribution is 7.98. The molecule has 7 nitrogen and oxygen atoms in total. The molecule has 0 aliphatic heterocycles. The molecule has 156 valence electrons. The van der Waals surface area contributed by atoms with Gasteiger partial charge in [0.05, 0.1) is 11.8 Å². The van der Waals surface area contributed by atoms with Crippen LogP contribution in [0.5, 0.6) is 5.75 Å². The lowest BCUT2D eigenvalue weighted by Crippen LogP contribution is -2.19. The fourth-order valence-corrected chi connectivity index (χ4v) is 3.46. The van der Waals surface area contributed by atoms with Crippen molar-refractivity contribution in [3.05, 3.63) is 71.5 Å². The van der Waals surface area contributed by atoms with Gasteiger partial charge >= 0.3 is 0 Å². The second-order valence-corrected chi connectivity index (χ2v) is 7.98. The lowest BCUT2D eigenvalue weighted by Gasteiger charge is -2.10. The van der Waals surface area contributed by atoms with Crippen molar-refractivity contribution in [3.63, 3.8) is 0 Å². The zero-order chi connectivity index (χ0) is 21.5. The topological polar surface area (TPSA) is 81.4 Å². The van der Waals surface area contributed by atoms with Crippen molar-refractivity contribution in [2.45, 2.75) is 37.8 Å². The van der Waals surface area contributed by atoms with Crippen molar-refractivity contribution in [2.24, 2.45) is 12.1 Å². The zero-order valence-corrected chi connectivity index (χ0v) is 18.3. The molecule has 3 aromatic rings. The molecule has 8 heteroatoms. The molecule has 30 heavy (non-hydrogen) atoms. The number of carbonyl (C=O) groups is 1. The summed E-state index contributed by atoms with van der Waals surface area (Å²) in [6, 6.07) is 15.1. The predicted octanol–water partition coefficient (Wildman–Crippen LogP) is 4.05. The molecule has 2 aromatic carbocycles. The summed E-state index contributed by atoms with van der Waals surface area (Å²) in [6.07, 6.45) is 1.80. The summed E-state index contributed by atoms with van der Waals surface area (Å²) in [4.78, 5) is 12.4. The maximum atomic E-state index is 12.4. The van der Waals surface area contributed by atoms with Crippen LogP contribution in [-0.4, -0.2) is 32.5 Å². The fraction of sp³-hybridized carbons (Fsp3) is 0.273. The van der Waals surface area contributed by atoms with Crippen LogP contribution in [0.15, 0.2) is 65.1 Å². The first-order valence-electron chi connectivity index (χ1n) is 9.60. The average molecular weight is 424 g/mol. The Morgan fingerprint density at radius 3 is 2.40 bits per heavy atom. The van der Waals surface area contributed by atoms with E-state index in [2.05, 4.69) is 20.7 Å². The molecule has 3 rings (SSSR count). The Morgan fingerprint density at radius 1 is 1.13 bits per heavy atom. The molecule has 0 unspecified atom stereocenters. The first-order valence-corrected chi connectivity index (χ1v) is 10.6. The Balaban J connectivity index is 1.55. The molecule has 1 aromatic heterocycles. The Labute approximate surface area is 180 Å². The third-order valence-corrected chi connectivity index (χ3v) is 5.33. The molecule has 0 aliphatic carbocycles. The Morgan fingerprint density at radius 2 is 1.80 bits per heavy atom. The van der Waals surface area contributed by atoms with Gasteiger partial charge in [-0.1, -0.05) is 23.9 Å². The van der Waals surface area contributed by atoms with E-state index in [-0.39, 0.29) is 12.0 Å². The molecule has 0 spiro atoms. The number of hydrogen-bond donors (Lipinski definition) is 1. The second kappa shape index (κ2) is 10.1. The van der Waals surface area contributed by atoms with Gasteiger partial charge in [-0.3, -0.25) is 4.79 Å². The standard InChI is InChI=1S/C22H25N5O2S/c1-15(2)29-20-11-9-18(10-12-20)16(3)24-25-21(28)19-7-5-17(6-8-19)13-30-22-26-23-14-27(22)4/h5-12,14-15H,13H2,1-4H3,(H,25,28)/b24-16-. The number of hydrazone groups is 1. The number of carbonyl (C=O) groups excluding carboxylic acids is 1. The molecule has 1 N–H and O–H groups in total. The minimum Gasteiger partial charge on any atom is -0.491 e. The smallest absolute Gasteiger partial charge is 0.271 e. The van der Waals surface area contributed by atoms with Crippen LogP contribution in [0.4, 0.5) is 0 Å². The Kier molecular flexibility index (Phi) is 7.24. The van der Waals surface area contributed by atoms with E-state index >= 15 is 0 Å². The fourth-order valence-electron chi connectivity index (χ4n) is 2.61. The van der Waals surface area contributed by atoms with Gasteiger partial charge in [0.25, 0.3) is 5.91 Å². The highest BCUT2D eigenvalue weighted by Gasteiger charge is 2.07. The van der Waals surface area contributed by atoms with Crippen LogP contribution in [0.2, 0.25) is 0 Å². The van der Waals surface area contributed by atoms with Gasteiger partial charge in [-0.25, -0.2) is 5.43 Å². The van der Waals surface area contributed by atoms with E-state index < -0.39 is 0 Å². The predicted molar refractivity (Wildman–Crippen MR) is 119 cm³/mol. The number of aryl methyl sites for hydroxylation is 1. The molecule has 1 amide bonds. The van der Waals surface area contributed by atoms with Crippen LogP contribution in [-0.2, 0) is 12.8 Å². The maximum Gasteiger partial charge on any atom is 0.271 e. The first kappa shape index (κ1) is 21.6. The van der Waals surface area contributed by atoms with Gasteiger partial charge in [-0.05, 0) is 68.3 Å². The first-order chi connectivity index (χ1) is 14.4. The number of ether oxygens (including phenoxy) is 1. The minimum atomic E-state index is -0.249. The molecule has 0 radical (unpaired) electrons. The Hall–Kier alpha value is -3.13. The molecule has 0 aliphatic rings. The van der Waals surface area contributed by atoms with E-state index in [9.17, 15) is 4.79 Å². The van der Waals surface area contributed by atoms with Gasteiger partial charge < -0.3 is 9.30 Å². The number of nitrogens with one attached hydrogen (secondary N) is 1. The molecular formula is C22H25N5O2S. The van der Waals surface area contributed by atoms with E-state index in [1.54, 1.807) is 30.2 Å². The van der Waals surface area contributed by atoms with E-state index in [0.29, 0.717) is 5.56 Å². The van der Waals surface area contributed by atoms with Crippen LogP contribution in [0.25, 0.3) is 0 Å². The van der Waals surface area contributed by atoms with Crippen LogP contribution < -0.4 is 10.2 Å². The van der Waals surface area contributed by atoms with Crippen LogP contribution in [0.3, 0.4) is 0 Å². The summed E-state index contributed by atoms with van der Waals surface area (Å²) in [5.41, 5.74) is 5.91. The normalized spacial score (nSPS) is 11.6. The van der Waals surface area contributed by atoms with Crippen molar-refractivity contribution in [2.75, 3.05) is 0 Å². The Bertz CT molecular complexity index is 1010. The summed E-state index contributed by atoms with van der Waals surface area (Å²) < 4.78 is 7.51. The molecule has 0 bridgehead atoms.